The lowest BCUT2D eigenvalue weighted by atomic mass is 9.83. The van der Waals surface area contributed by atoms with Crippen molar-refractivity contribution in [1.82, 2.24) is 14.4 Å². The summed E-state index contributed by atoms with van der Waals surface area (Å²) in [4.78, 5) is 21.3. The number of anilines is 1. The van der Waals surface area contributed by atoms with Gasteiger partial charge in [0.15, 0.2) is 0 Å². The van der Waals surface area contributed by atoms with Crippen molar-refractivity contribution < 1.29 is 4.79 Å². The van der Waals surface area contributed by atoms with Crippen LogP contribution in [-0.2, 0) is 6.54 Å². The highest BCUT2D eigenvalue weighted by molar-refractivity contribution is 6.33. The lowest BCUT2D eigenvalue weighted by molar-refractivity contribution is 0.0734. The number of nitrogens with zero attached hydrogens (tertiary/aromatic N) is 4. The minimum atomic E-state index is -0.0822. The van der Waals surface area contributed by atoms with Crippen molar-refractivity contribution >= 4 is 34.1 Å². The zero-order chi connectivity index (χ0) is 29.1. The van der Waals surface area contributed by atoms with Crippen LogP contribution in [0.1, 0.15) is 33.1 Å². The molecule has 6 rings (SSSR count). The Bertz CT molecular complexity index is 1620. The average molecular weight is 577 g/mol. The molecule has 0 saturated carbocycles. The van der Waals surface area contributed by atoms with Gasteiger partial charge in [-0.3, -0.25) is 4.79 Å². The number of carbonyl (C=O) groups excluding carboxylic acids is 1. The van der Waals surface area contributed by atoms with Crippen LogP contribution in [0.3, 0.4) is 0 Å². The zero-order valence-electron chi connectivity index (χ0n) is 24.3. The van der Waals surface area contributed by atoms with Crippen LogP contribution in [0.2, 0.25) is 5.02 Å². The molecule has 0 atom stereocenters. The van der Waals surface area contributed by atoms with Crippen LogP contribution in [0.5, 0.6) is 0 Å². The summed E-state index contributed by atoms with van der Waals surface area (Å²) < 4.78 is 2.27. The first-order chi connectivity index (χ1) is 20.5. The van der Waals surface area contributed by atoms with Crippen molar-refractivity contribution in [3.8, 4) is 0 Å². The van der Waals surface area contributed by atoms with Gasteiger partial charge < -0.3 is 19.3 Å². The highest BCUT2D eigenvalue weighted by atomic mass is 35.5. The third-order valence-electron chi connectivity index (χ3n) is 8.30. The van der Waals surface area contributed by atoms with Crippen LogP contribution >= 0.6 is 11.6 Å². The van der Waals surface area contributed by atoms with Crippen molar-refractivity contribution in [3.05, 3.63) is 137 Å². The average Bonchev–Trinajstić information content (AvgIpc) is 3.35. The predicted molar refractivity (Wildman–Crippen MR) is 174 cm³/mol. The van der Waals surface area contributed by atoms with E-state index in [4.69, 9.17) is 11.6 Å². The summed E-state index contributed by atoms with van der Waals surface area (Å²) in [7, 11) is 4.16. The Hall–Kier alpha value is -4.06. The monoisotopic (exact) mass is 576 g/mol. The van der Waals surface area contributed by atoms with E-state index in [1.54, 1.807) is 0 Å². The number of aromatic nitrogens is 1. The summed E-state index contributed by atoms with van der Waals surface area (Å²) in [6.45, 7) is 4.32. The van der Waals surface area contributed by atoms with Gasteiger partial charge in [0.05, 0.1) is 10.7 Å². The fourth-order valence-corrected chi connectivity index (χ4v) is 6.47. The third-order valence-corrected chi connectivity index (χ3v) is 8.62. The Kier molecular flexibility index (Phi) is 8.31. The highest BCUT2D eigenvalue weighted by Crippen LogP contribution is 2.41. The zero-order valence-corrected chi connectivity index (χ0v) is 25.0. The molecule has 0 aliphatic carbocycles. The molecule has 214 valence electrons. The SMILES string of the molecule is CN(C)CCn1c(C(=O)N2CCN(c3ccccc3Cl)CC2)c(C(c2ccccc2)c2ccccc2)c2ccccc21. The predicted octanol–water partition coefficient (Wildman–Crippen LogP) is 7.00. The third kappa shape index (κ3) is 5.55. The van der Waals surface area contributed by atoms with Crippen LogP contribution in [0.15, 0.2) is 109 Å². The molecule has 0 spiro atoms. The lowest BCUT2D eigenvalue weighted by Crippen LogP contribution is -2.49. The highest BCUT2D eigenvalue weighted by Gasteiger charge is 2.33. The molecule has 1 aromatic heterocycles. The summed E-state index contributed by atoms with van der Waals surface area (Å²) >= 11 is 6.52. The summed E-state index contributed by atoms with van der Waals surface area (Å²) in [5.74, 6) is 0.0110. The van der Waals surface area contributed by atoms with E-state index in [2.05, 4.69) is 119 Å². The molecule has 1 aliphatic heterocycles. The van der Waals surface area contributed by atoms with Gasteiger partial charge in [0.1, 0.15) is 5.69 Å². The van der Waals surface area contributed by atoms with Gasteiger partial charge in [-0.1, -0.05) is 103 Å². The Morgan fingerprint density at radius 3 is 1.95 bits per heavy atom. The molecule has 0 N–H and O–H groups in total. The van der Waals surface area contributed by atoms with Crippen molar-refractivity contribution in [2.75, 3.05) is 51.7 Å². The van der Waals surface area contributed by atoms with Crippen LogP contribution in [0, 0.1) is 0 Å². The Labute approximate surface area is 253 Å². The van der Waals surface area contributed by atoms with E-state index in [1.165, 1.54) is 11.1 Å². The maximum absolute atomic E-state index is 14.8. The maximum Gasteiger partial charge on any atom is 0.270 e. The molecule has 6 heteroatoms. The molecule has 0 bridgehead atoms. The molecular weight excluding hydrogens is 540 g/mol. The van der Waals surface area contributed by atoms with E-state index in [1.807, 2.05) is 23.1 Å². The van der Waals surface area contributed by atoms with Gasteiger partial charge in [0, 0.05) is 61.7 Å². The summed E-state index contributed by atoms with van der Waals surface area (Å²) in [5.41, 5.74) is 6.36. The number of carbonyl (C=O) groups is 1. The Morgan fingerprint density at radius 1 is 0.762 bits per heavy atom. The molecule has 1 saturated heterocycles. The fourth-order valence-electron chi connectivity index (χ4n) is 6.21. The molecule has 42 heavy (non-hydrogen) atoms. The second kappa shape index (κ2) is 12.4. The Morgan fingerprint density at radius 2 is 1.33 bits per heavy atom. The van der Waals surface area contributed by atoms with Gasteiger partial charge in [0.2, 0.25) is 0 Å². The number of benzene rings is 4. The van der Waals surface area contributed by atoms with E-state index < -0.39 is 0 Å². The number of piperazine rings is 1. The molecule has 1 fully saturated rings. The molecular formula is C36H37ClN4O. The molecule has 1 aliphatic rings. The second-order valence-electron chi connectivity index (χ2n) is 11.2. The van der Waals surface area contributed by atoms with Crippen molar-refractivity contribution in [2.24, 2.45) is 0 Å². The molecule has 0 unspecified atom stereocenters. The molecule has 1 amide bonds. The van der Waals surface area contributed by atoms with E-state index >= 15 is 0 Å². The molecule has 0 radical (unpaired) electrons. The summed E-state index contributed by atoms with van der Waals surface area (Å²) in [6.07, 6.45) is 0. The Balaban J connectivity index is 1.48. The topological polar surface area (TPSA) is 31.7 Å². The van der Waals surface area contributed by atoms with E-state index in [9.17, 15) is 4.79 Å². The second-order valence-corrected chi connectivity index (χ2v) is 11.6. The van der Waals surface area contributed by atoms with E-state index in [0.29, 0.717) is 13.1 Å². The van der Waals surface area contributed by atoms with E-state index in [0.717, 1.165) is 59.0 Å². The number of halogens is 1. The van der Waals surface area contributed by atoms with Crippen LogP contribution in [0.4, 0.5) is 5.69 Å². The standard InChI is InChI=1S/C36H37ClN4O/c1-38(2)21-26-41-31-19-11-9-17-29(31)34(33(27-13-5-3-6-14-27)28-15-7-4-8-16-28)35(41)36(42)40-24-22-39(23-25-40)32-20-12-10-18-30(32)37/h3-20,33H,21-26H2,1-2H3. The number of amides is 1. The number of hydrogen-bond acceptors (Lipinski definition) is 3. The van der Waals surface area contributed by atoms with Gasteiger partial charge in [-0.15, -0.1) is 0 Å². The number of fused-ring (bicyclic) bond motifs is 1. The first kappa shape index (κ1) is 28.1. The molecule has 5 aromatic rings. The van der Waals surface area contributed by atoms with Crippen LogP contribution in [0.25, 0.3) is 10.9 Å². The minimum absolute atomic E-state index is 0.0822. The number of rotatable bonds is 8. The first-order valence-corrected chi connectivity index (χ1v) is 15.0. The lowest BCUT2D eigenvalue weighted by Gasteiger charge is -2.37. The minimum Gasteiger partial charge on any atom is -0.367 e. The summed E-state index contributed by atoms with van der Waals surface area (Å²) in [5, 5.41) is 1.88. The van der Waals surface area contributed by atoms with E-state index in [-0.39, 0.29) is 11.8 Å². The first-order valence-electron chi connectivity index (χ1n) is 14.7. The van der Waals surface area contributed by atoms with Gasteiger partial charge in [0.25, 0.3) is 5.91 Å². The van der Waals surface area contributed by atoms with Crippen molar-refractivity contribution in [1.29, 1.82) is 0 Å². The molecule has 2 heterocycles. The van der Waals surface area contributed by atoms with Crippen molar-refractivity contribution in [3.63, 3.8) is 0 Å². The maximum atomic E-state index is 14.8. The fraction of sp³-hybridized carbons (Fsp3) is 0.250. The molecule has 4 aromatic carbocycles. The van der Waals surface area contributed by atoms with Gasteiger partial charge in [-0.05, 0) is 43.4 Å². The van der Waals surface area contributed by atoms with Crippen LogP contribution < -0.4 is 4.90 Å². The van der Waals surface area contributed by atoms with Gasteiger partial charge in [-0.25, -0.2) is 0 Å². The number of hydrogen-bond donors (Lipinski definition) is 0. The normalized spacial score (nSPS) is 13.8. The van der Waals surface area contributed by atoms with Gasteiger partial charge in [-0.2, -0.15) is 0 Å². The largest absolute Gasteiger partial charge is 0.367 e. The molecule has 5 nitrogen and oxygen atoms in total. The summed E-state index contributed by atoms with van der Waals surface area (Å²) in [6, 6.07) is 37.6. The number of likely N-dealkylation sites (N-methyl/N-ethyl adjacent to an activating group) is 1. The number of para-hydroxylation sites is 2. The quantitative estimate of drug-likeness (QED) is 0.199. The van der Waals surface area contributed by atoms with Crippen LogP contribution in [-0.4, -0.2) is 67.1 Å². The van der Waals surface area contributed by atoms with Crippen molar-refractivity contribution in [2.45, 2.75) is 12.5 Å². The smallest absolute Gasteiger partial charge is 0.270 e. The van der Waals surface area contributed by atoms with Gasteiger partial charge >= 0.3 is 0 Å².